The van der Waals surface area contributed by atoms with E-state index < -0.39 is 23.4 Å². The van der Waals surface area contributed by atoms with Crippen molar-refractivity contribution in [2.75, 3.05) is 26.7 Å². The zero-order chi connectivity index (χ0) is 23.5. The fraction of sp³-hybridized carbons (Fsp3) is 0.591. The van der Waals surface area contributed by atoms with Crippen molar-refractivity contribution in [3.63, 3.8) is 0 Å². The van der Waals surface area contributed by atoms with Gasteiger partial charge in [-0.25, -0.2) is 9.59 Å². The van der Waals surface area contributed by atoms with Crippen LogP contribution in [0.15, 0.2) is 35.3 Å². The van der Waals surface area contributed by atoms with Gasteiger partial charge in [0.1, 0.15) is 11.2 Å². The van der Waals surface area contributed by atoms with E-state index >= 15 is 0 Å². The van der Waals surface area contributed by atoms with Crippen LogP contribution in [0.25, 0.3) is 0 Å². The molecule has 31 heavy (non-hydrogen) atoms. The summed E-state index contributed by atoms with van der Waals surface area (Å²) >= 11 is 0. The van der Waals surface area contributed by atoms with E-state index in [-0.39, 0.29) is 6.04 Å². The third-order valence-electron chi connectivity index (χ3n) is 3.68. The van der Waals surface area contributed by atoms with Crippen LogP contribution in [-0.2, 0) is 9.47 Å². The number of alkyl carbamates (subject to hydrolysis) is 2. The third-order valence-corrected chi connectivity index (χ3v) is 3.68. The van der Waals surface area contributed by atoms with Gasteiger partial charge in [-0.15, -0.1) is 0 Å². The van der Waals surface area contributed by atoms with Gasteiger partial charge in [-0.05, 0) is 47.1 Å². The summed E-state index contributed by atoms with van der Waals surface area (Å²) in [6.45, 7) is 12.1. The SMILES string of the molecule is CN=C(NCCNC(=O)OC(C)(C)C)NCC(NC(=O)OC(C)(C)C)c1ccccc1. The monoisotopic (exact) mass is 435 g/mol. The molecule has 2 amide bonds. The highest BCUT2D eigenvalue weighted by Crippen LogP contribution is 2.14. The average Bonchev–Trinajstić information content (AvgIpc) is 2.64. The zero-order valence-electron chi connectivity index (χ0n) is 19.7. The van der Waals surface area contributed by atoms with Gasteiger partial charge in [-0.1, -0.05) is 30.3 Å². The highest BCUT2D eigenvalue weighted by Gasteiger charge is 2.21. The normalized spacial score (nSPS) is 13.1. The predicted octanol–water partition coefficient (Wildman–Crippen LogP) is 2.94. The van der Waals surface area contributed by atoms with Crippen LogP contribution in [0.4, 0.5) is 9.59 Å². The van der Waals surface area contributed by atoms with Gasteiger partial charge in [0.05, 0.1) is 6.04 Å². The van der Waals surface area contributed by atoms with E-state index in [1.54, 1.807) is 7.05 Å². The smallest absolute Gasteiger partial charge is 0.408 e. The van der Waals surface area contributed by atoms with Gasteiger partial charge in [0.25, 0.3) is 0 Å². The number of hydrogen-bond acceptors (Lipinski definition) is 5. The molecule has 0 heterocycles. The Morgan fingerprint density at radius 1 is 0.871 bits per heavy atom. The van der Waals surface area contributed by atoms with E-state index in [0.717, 1.165) is 5.56 Å². The van der Waals surface area contributed by atoms with Crippen molar-refractivity contribution < 1.29 is 19.1 Å². The van der Waals surface area contributed by atoms with E-state index in [0.29, 0.717) is 25.6 Å². The summed E-state index contributed by atoms with van der Waals surface area (Å²) in [7, 11) is 1.65. The van der Waals surface area contributed by atoms with Crippen molar-refractivity contribution in [3.8, 4) is 0 Å². The first-order valence-electron chi connectivity index (χ1n) is 10.4. The van der Waals surface area contributed by atoms with Crippen molar-refractivity contribution >= 4 is 18.1 Å². The molecule has 1 aromatic rings. The molecule has 174 valence electrons. The summed E-state index contributed by atoms with van der Waals surface area (Å²) < 4.78 is 10.6. The summed E-state index contributed by atoms with van der Waals surface area (Å²) in [5, 5.41) is 11.9. The van der Waals surface area contributed by atoms with Gasteiger partial charge in [0.2, 0.25) is 0 Å². The Kier molecular flexibility index (Phi) is 10.1. The first-order chi connectivity index (χ1) is 14.4. The van der Waals surface area contributed by atoms with Gasteiger partial charge >= 0.3 is 12.2 Å². The number of ether oxygens (including phenoxy) is 2. The molecule has 1 aromatic carbocycles. The summed E-state index contributed by atoms with van der Waals surface area (Å²) in [4.78, 5) is 28.1. The Morgan fingerprint density at radius 3 is 1.97 bits per heavy atom. The number of carbonyl (C=O) groups excluding carboxylic acids is 2. The molecule has 4 N–H and O–H groups in total. The van der Waals surface area contributed by atoms with Crippen LogP contribution in [-0.4, -0.2) is 56.0 Å². The van der Waals surface area contributed by atoms with Gasteiger partial charge in [-0.2, -0.15) is 0 Å². The van der Waals surface area contributed by atoms with Crippen molar-refractivity contribution in [1.82, 2.24) is 21.3 Å². The van der Waals surface area contributed by atoms with Crippen LogP contribution >= 0.6 is 0 Å². The molecule has 0 fully saturated rings. The number of amides is 2. The molecule has 0 aliphatic carbocycles. The van der Waals surface area contributed by atoms with Gasteiger partial charge < -0.3 is 30.7 Å². The Hall–Kier alpha value is -2.97. The predicted molar refractivity (Wildman–Crippen MR) is 122 cm³/mol. The molecule has 0 saturated carbocycles. The molecule has 9 nitrogen and oxygen atoms in total. The van der Waals surface area contributed by atoms with E-state index in [2.05, 4.69) is 26.3 Å². The lowest BCUT2D eigenvalue weighted by molar-refractivity contribution is 0.0500. The number of carbonyl (C=O) groups is 2. The molecule has 0 saturated heterocycles. The molecular formula is C22H37N5O4. The molecule has 0 aromatic heterocycles. The minimum Gasteiger partial charge on any atom is -0.444 e. The van der Waals surface area contributed by atoms with Gasteiger partial charge in [-0.3, -0.25) is 4.99 Å². The number of nitrogens with one attached hydrogen (secondary N) is 4. The zero-order valence-corrected chi connectivity index (χ0v) is 19.7. The highest BCUT2D eigenvalue weighted by molar-refractivity contribution is 5.80. The quantitative estimate of drug-likeness (QED) is 0.298. The second-order valence-electron chi connectivity index (χ2n) is 8.92. The minimum absolute atomic E-state index is 0.325. The average molecular weight is 436 g/mol. The standard InChI is InChI=1S/C22H37N5O4/c1-21(2,3)30-19(28)25-14-13-24-18(23-7)26-15-17(16-11-9-8-10-12-16)27-20(29)31-22(4,5)6/h8-12,17H,13-15H2,1-7H3,(H,25,28)(H,27,29)(H2,23,24,26). The molecule has 0 radical (unpaired) electrons. The number of benzene rings is 1. The molecule has 9 heteroatoms. The maximum Gasteiger partial charge on any atom is 0.408 e. The van der Waals surface area contributed by atoms with Crippen LogP contribution in [0.3, 0.4) is 0 Å². The fourth-order valence-electron chi connectivity index (χ4n) is 2.47. The molecular weight excluding hydrogens is 398 g/mol. The lowest BCUT2D eigenvalue weighted by Gasteiger charge is -2.25. The lowest BCUT2D eigenvalue weighted by atomic mass is 10.1. The molecule has 0 bridgehead atoms. The Bertz CT molecular complexity index is 724. The van der Waals surface area contributed by atoms with E-state index in [1.807, 2.05) is 71.9 Å². The van der Waals surface area contributed by atoms with E-state index in [9.17, 15) is 9.59 Å². The summed E-state index contributed by atoms with van der Waals surface area (Å²) in [5.74, 6) is 0.540. The fourth-order valence-corrected chi connectivity index (χ4v) is 2.47. The molecule has 0 aliphatic heterocycles. The Balaban J connectivity index is 2.57. The van der Waals surface area contributed by atoms with E-state index in [1.165, 1.54) is 0 Å². The number of guanidine groups is 1. The minimum atomic E-state index is -0.586. The highest BCUT2D eigenvalue weighted by atomic mass is 16.6. The number of rotatable bonds is 7. The van der Waals surface area contributed by atoms with Crippen LogP contribution in [0.1, 0.15) is 53.1 Å². The van der Waals surface area contributed by atoms with Gasteiger partial charge in [0, 0.05) is 26.7 Å². The first kappa shape index (κ1) is 26.1. The number of hydrogen-bond donors (Lipinski definition) is 4. The third kappa shape index (κ3) is 12.3. The first-order valence-corrected chi connectivity index (χ1v) is 10.4. The molecule has 0 spiro atoms. The van der Waals surface area contributed by atoms with Gasteiger partial charge in [0.15, 0.2) is 5.96 Å². The second kappa shape index (κ2) is 12.0. The van der Waals surface area contributed by atoms with Crippen molar-refractivity contribution in [3.05, 3.63) is 35.9 Å². The topological polar surface area (TPSA) is 113 Å². The lowest BCUT2D eigenvalue weighted by Crippen LogP contribution is -2.46. The molecule has 0 aliphatic rings. The summed E-state index contributed by atoms with van der Waals surface area (Å²) in [6.07, 6.45) is -0.962. The summed E-state index contributed by atoms with van der Waals surface area (Å²) in [5.41, 5.74) is -0.192. The Morgan fingerprint density at radius 2 is 1.42 bits per heavy atom. The maximum absolute atomic E-state index is 12.3. The van der Waals surface area contributed by atoms with Crippen LogP contribution < -0.4 is 21.3 Å². The summed E-state index contributed by atoms with van der Waals surface area (Å²) in [6, 6.07) is 9.28. The Labute approximate surface area is 185 Å². The van der Waals surface area contributed by atoms with E-state index in [4.69, 9.17) is 9.47 Å². The van der Waals surface area contributed by atoms with Crippen molar-refractivity contribution in [1.29, 1.82) is 0 Å². The van der Waals surface area contributed by atoms with Crippen LogP contribution in [0.5, 0.6) is 0 Å². The number of nitrogens with zero attached hydrogens (tertiary/aromatic N) is 1. The second-order valence-corrected chi connectivity index (χ2v) is 8.92. The van der Waals surface area contributed by atoms with Crippen molar-refractivity contribution in [2.45, 2.75) is 58.8 Å². The number of aliphatic imine (C=N–C) groups is 1. The van der Waals surface area contributed by atoms with Crippen LogP contribution in [0.2, 0.25) is 0 Å². The molecule has 1 rings (SSSR count). The molecule has 1 atom stereocenters. The van der Waals surface area contributed by atoms with Crippen LogP contribution in [0, 0.1) is 0 Å². The largest absolute Gasteiger partial charge is 0.444 e. The van der Waals surface area contributed by atoms with Crippen molar-refractivity contribution in [2.24, 2.45) is 4.99 Å². The maximum atomic E-state index is 12.3. The molecule has 1 unspecified atom stereocenters.